The van der Waals surface area contributed by atoms with Gasteiger partial charge in [0.25, 0.3) is 8.32 Å². The second-order valence-corrected chi connectivity index (χ2v) is 14.6. The Morgan fingerprint density at radius 1 is 0.811 bits per heavy atom. The van der Waals surface area contributed by atoms with Crippen LogP contribution in [-0.4, -0.2) is 20.7 Å². The molecule has 0 spiro atoms. The summed E-state index contributed by atoms with van der Waals surface area (Å²) in [7, 11) is -2.81. The maximum Gasteiger partial charge on any atom is 0.261 e. The molecule has 0 aliphatic heterocycles. The normalized spacial score (nSPS) is 11.8. The van der Waals surface area contributed by atoms with E-state index in [1.54, 1.807) is 36.4 Å². The average molecular weight is 533 g/mol. The van der Waals surface area contributed by atoms with Gasteiger partial charge < -0.3 is 9.16 Å². The van der Waals surface area contributed by atoms with E-state index in [9.17, 15) is 9.18 Å². The lowest BCUT2D eigenvalue weighted by atomic mass is 10.1. The lowest BCUT2D eigenvalue weighted by molar-refractivity contribution is 0.0914. The minimum Gasteiger partial charge on any atom is -0.489 e. The summed E-state index contributed by atoms with van der Waals surface area (Å²) in [5.74, 6) is -0.0137. The zero-order valence-corrected chi connectivity index (χ0v) is 23.0. The van der Waals surface area contributed by atoms with E-state index in [4.69, 9.17) is 20.8 Å². The van der Waals surface area contributed by atoms with Crippen molar-refractivity contribution in [1.82, 2.24) is 0 Å². The quantitative estimate of drug-likeness (QED) is 0.175. The minimum atomic E-state index is -2.81. The Labute approximate surface area is 224 Å². The van der Waals surface area contributed by atoms with Crippen LogP contribution >= 0.6 is 11.6 Å². The van der Waals surface area contributed by atoms with E-state index in [-0.39, 0.29) is 24.0 Å². The van der Waals surface area contributed by atoms with Gasteiger partial charge in [0, 0.05) is 11.1 Å². The fourth-order valence-corrected chi connectivity index (χ4v) is 9.30. The Morgan fingerprint density at radius 2 is 1.38 bits per heavy atom. The third-order valence-corrected chi connectivity index (χ3v) is 11.8. The van der Waals surface area contributed by atoms with E-state index in [1.165, 1.54) is 6.07 Å². The molecule has 0 saturated carbocycles. The van der Waals surface area contributed by atoms with Gasteiger partial charge in [0.15, 0.2) is 5.78 Å². The summed E-state index contributed by atoms with van der Waals surface area (Å²) in [4.78, 5) is 13.3. The molecule has 0 unspecified atom stereocenters. The molecule has 0 aliphatic carbocycles. The van der Waals surface area contributed by atoms with Crippen LogP contribution < -0.4 is 15.1 Å². The van der Waals surface area contributed by atoms with Crippen LogP contribution in [0.1, 0.15) is 36.7 Å². The first-order valence-corrected chi connectivity index (χ1v) is 14.4. The molecule has 37 heavy (non-hydrogen) atoms. The Morgan fingerprint density at radius 3 is 1.89 bits per heavy atom. The van der Waals surface area contributed by atoms with Crippen LogP contribution in [0.15, 0.2) is 103 Å². The lowest BCUT2D eigenvalue weighted by Gasteiger charge is -2.42. The largest absolute Gasteiger partial charge is 0.489 e. The fourth-order valence-electron chi connectivity index (χ4n) is 4.58. The number of hydrogen-bond donors (Lipinski definition) is 0. The molecule has 0 N–H and O–H groups in total. The van der Waals surface area contributed by atoms with Gasteiger partial charge in [-0.25, -0.2) is 4.39 Å². The van der Waals surface area contributed by atoms with E-state index in [0.717, 1.165) is 10.4 Å². The predicted octanol–water partition coefficient (Wildman–Crippen LogP) is 6.82. The van der Waals surface area contributed by atoms with Gasteiger partial charge in [0.2, 0.25) is 0 Å². The van der Waals surface area contributed by atoms with Crippen molar-refractivity contribution in [2.45, 2.75) is 32.4 Å². The second kappa shape index (κ2) is 11.4. The van der Waals surface area contributed by atoms with Crippen molar-refractivity contribution in [3.63, 3.8) is 0 Å². The molecule has 6 heteroatoms. The number of hydrogen-bond acceptors (Lipinski definition) is 3. The Kier molecular flexibility index (Phi) is 8.28. The van der Waals surface area contributed by atoms with E-state index in [2.05, 4.69) is 45.0 Å². The number of carbonyl (C=O) groups is 1. The van der Waals surface area contributed by atoms with Crippen LogP contribution in [0, 0.1) is 5.82 Å². The third kappa shape index (κ3) is 5.85. The molecular formula is C31H30ClFO3Si. The van der Waals surface area contributed by atoms with Gasteiger partial charge in [-0.15, -0.1) is 0 Å². The highest BCUT2D eigenvalue weighted by atomic mass is 35.5. The van der Waals surface area contributed by atoms with Gasteiger partial charge in [0.05, 0.1) is 11.6 Å². The number of rotatable bonds is 9. The highest BCUT2D eigenvalue weighted by molar-refractivity contribution is 6.99. The molecule has 0 radical (unpaired) electrons. The van der Waals surface area contributed by atoms with Crippen molar-refractivity contribution >= 4 is 36.1 Å². The molecule has 0 saturated heterocycles. The number of benzene rings is 4. The Balaban J connectivity index is 1.53. The standard InChI is InChI=1S/C31H30ClFO3Si/c1-31(2,3)37(25-11-6-4-7-12-25,26-13-8-5-9-14-26)36-22-30(34)23-17-19-24(20-18-23)35-21-27-28(32)15-10-16-29(27)33/h4-20H,21-22H2,1-3H3. The summed E-state index contributed by atoms with van der Waals surface area (Å²) in [5.41, 5.74) is 0.817. The number of halogens is 2. The van der Waals surface area contributed by atoms with Crippen molar-refractivity contribution < 1.29 is 18.3 Å². The molecule has 0 amide bonds. The maximum absolute atomic E-state index is 14.0. The summed E-state index contributed by atoms with van der Waals surface area (Å²) >= 11 is 6.08. The molecule has 0 aromatic heterocycles. The predicted molar refractivity (Wildman–Crippen MR) is 150 cm³/mol. The van der Waals surface area contributed by atoms with Gasteiger partial charge in [-0.3, -0.25) is 4.79 Å². The number of carbonyl (C=O) groups excluding carboxylic acids is 1. The molecule has 190 valence electrons. The molecule has 0 atom stereocenters. The molecule has 0 aliphatic rings. The summed E-state index contributed by atoms with van der Waals surface area (Å²) in [6, 6.07) is 31.8. The van der Waals surface area contributed by atoms with Gasteiger partial charge in [0.1, 0.15) is 18.2 Å². The van der Waals surface area contributed by atoms with Gasteiger partial charge in [-0.2, -0.15) is 0 Å². The van der Waals surface area contributed by atoms with Crippen LogP contribution in [0.25, 0.3) is 0 Å². The summed E-state index contributed by atoms with van der Waals surface area (Å²) < 4.78 is 26.5. The highest BCUT2D eigenvalue weighted by Crippen LogP contribution is 2.36. The number of Topliss-reactive ketones (excluding diaryl/α,β-unsaturated/α-hetero) is 1. The Bertz CT molecular complexity index is 1280. The van der Waals surface area contributed by atoms with Crippen molar-refractivity contribution in [2.75, 3.05) is 6.61 Å². The van der Waals surface area contributed by atoms with E-state index in [0.29, 0.717) is 21.9 Å². The van der Waals surface area contributed by atoms with Crippen LogP contribution in [0.2, 0.25) is 10.1 Å². The molecule has 4 rings (SSSR count). The van der Waals surface area contributed by atoms with Crippen LogP contribution in [0.3, 0.4) is 0 Å². The van der Waals surface area contributed by atoms with Crippen LogP contribution in [-0.2, 0) is 11.0 Å². The Hall–Kier alpha value is -3.25. The molecule has 0 fully saturated rings. The molecule has 4 aromatic rings. The molecule has 0 heterocycles. The van der Waals surface area contributed by atoms with Crippen molar-refractivity contribution in [3.05, 3.63) is 125 Å². The lowest BCUT2D eigenvalue weighted by Crippen LogP contribution is -2.67. The van der Waals surface area contributed by atoms with E-state index < -0.39 is 14.1 Å². The number of ether oxygens (including phenoxy) is 1. The zero-order chi connectivity index (χ0) is 26.5. The molecule has 3 nitrogen and oxygen atoms in total. The third-order valence-electron chi connectivity index (χ3n) is 6.46. The monoisotopic (exact) mass is 532 g/mol. The number of ketones is 1. The van der Waals surface area contributed by atoms with Crippen molar-refractivity contribution in [2.24, 2.45) is 0 Å². The topological polar surface area (TPSA) is 35.5 Å². The first-order chi connectivity index (χ1) is 17.7. The highest BCUT2D eigenvalue weighted by Gasteiger charge is 2.50. The van der Waals surface area contributed by atoms with Gasteiger partial charge in [-0.05, 0) is 51.8 Å². The van der Waals surface area contributed by atoms with E-state index >= 15 is 0 Å². The first kappa shape index (κ1) is 26.8. The molecule has 4 aromatic carbocycles. The summed E-state index contributed by atoms with van der Waals surface area (Å²) in [5, 5.41) is 2.34. The first-order valence-electron chi connectivity index (χ1n) is 12.2. The van der Waals surface area contributed by atoms with Crippen LogP contribution in [0.5, 0.6) is 5.75 Å². The zero-order valence-electron chi connectivity index (χ0n) is 21.2. The van der Waals surface area contributed by atoms with E-state index in [1.807, 2.05) is 36.4 Å². The summed E-state index contributed by atoms with van der Waals surface area (Å²) in [6.07, 6.45) is 0. The SMILES string of the molecule is CC(C)(C)[Si](OCC(=O)c1ccc(OCc2c(F)cccc2Cl)cc1)(c1ccccc1)c1ccccc1. The second-order valence-electron chi connectivity index (χ2n) is 9.89. The smallest absolute Gasteiger partial charge is 0.261 e. The summed E-state index contributed by atoms with van der Waals surface area (Å²) in [6.45, 7) is 6.49. The van der Waals surface area contributed by atoms with Crippen molar-refractivity contribution in [3.8, 4) is 5.75 Å². The van der Waals surface area contributed by atoms with Crippen molar-refractivity contribution in [1.29, 1.82) is 0 Å². The van der Waals surface area contributed by atoms with Gasteiger partial charge in [-0.1, -0.05) is 99.1 Å². The van der Waals surface area contributed by atoms with Gasteiger partial charge >= 0.3 is 0 Å². The fraction of sp³-hybridized carbons (Fsp3) is 0.194. The molecule has 0 bridgehead atoms. The van der Waals surface area contributed by atoms with Crippen LogP contribution in [0.4, 0.5) is 4.39 Å². The molecular weight excluding hydrogens is 503 g/mol. The average Bonchev–Trinajstić information content (AvgIpc) is 2.89. The maximum atomic E-state index is 14.0. The minimum absolute atomic E-state index is 0.00420.